The average Bonchev–Trinajstić information content (AvgIpc) is 2.08. The van der Waals surface area contributed by atoms with E-state index in [0.717, 1.165) is 0 Å². The molecule has 0 radical (unpaired) electrons. The summed E-state index contributed by atoms with van der Waals surface area (Å²) in [5.74, 6) is -0.621. The smallest absolute Gasteiger partial charge is 0.320 e. The van der Waals surface area contributed by atoms with Crippen LogP contribution in [0.2, 0.25) is 39.3 Å². The molecule has 0 saturated carbocycles. The van der Waals surface area contributed by atoms with E-state index in [2.05, 4.69) is 0 Å². The molecule has 104 valence electrons. The normalized spacial score (nSPS) is 13.2. The summed E-state index contributed by atoms with van der Waals surface area (Å²) in [6.45, 7) is 13.3. The lowest BCUT2D eigenvalue weighted by Gasteiger charge is -2.18. The van der Waals surface area contributed by atoms with Crippen molar-refractivity contribution in [2.24, 2.45) is 0 Å². The van der Waals surface area contributed by atoms with Crippen LogP contribution in [0.1, 0.15) is 13.3 Å². The van der Waals surface area contributed by atoms with Crippen LogP contribution in [-0.4, -0.2) is 28.6 Å². The Kier molecular flexibility index (Phi) is 6.02. The summed E-state index contributed by atoms with van der Waals surface area (Å²) in [6, 6.07) is 0. The monoisotopic (exact) mass is 288 g/mol. The number of carbonyl (C=O) groups is 2. The van der Waals surface area contributed by atoms with Gasteiger partial charge in [0.05, 0.1) is 6.42 Å². The fourth-order valence-electron chi connectivity index (χ4n) is 1.06. The maximum Gasteiger partial charge on any atom is 0.320 e. The van der Waals surface area contributed by atoms with Crippen molar-refractivity contribution in [2.45, 2.75) is 52.6 Å². The summed E-state index contributed by atoms with van der Waals surface area (Å²) in [6.07, 6.45) is 1.70. The molecule has 4 nitrogen and oxygen atoms in total. The van der Waals surface area contributed by atoms with Gasteiger partial charge < -0.3 is 8.85 Å². The minimum Gasteiger partial charge on any atom is -0.520 e. The molecule has 0 heterocycles. The standard InChI is InChI=1S/C12H24O4Si2/c1-10(12(14)16-18(5,6)7)8-9-11(13)15-17(2,3)4/h8H,9H2,1-7H3/b10-8+. The number of hydrogen-bond donors (Lipinski definition) is 0. The molecule has 0 aromatic carbocycles. The van der Waals surface area contributed by atoms with Gasteiger partial charge in [0.25, 0.3) is 5.97 Å². The predicted molar refractivity (Wildman–Crippen MR) is 77.3 cm³/mol. The van der Waals surface area contributed by atoms with Gasteiger partial charge in [0.2, 0.25) is 16.6 Å². The molecule has 0 bridgehead atoms. The van der Waals surface area contributed by atoms with Crippen molar-refractivity contribution in [1.82, 2.24) is 0 Å². The van der Waals surface area contributed by atoms with E-state index in [1.54, 1.807) is 13.0 Å². The molecule has 0 aliphatic rings. The Labute approximate surface area is 112 Å². The minimum absolute atomic E-state index is 0.122. The average molecular weight is 288 g/mol. The lowest BCUT2D eigenvalue weighted by Crippen LogP contribution is -2.30. The van der Waals surface area contributed by atoms with Gasteiger partial charge in [-0.15, -0.1) is 0 Å². The van der Waals surface area contributed by atoms with E-state index >= 15 is 0 Å². The second kappa shape index (κ2) is 6.33. The fraction of sp³-hybridized carbons (Fsp3) is 0.667. The zero-order valence-electron chi connectivity index (χ0n) is 12.4. The molecule has 0 N–H and O–H groups in total. The van der Waals surface area contributed by atoms with Gasteiger partial charge in [-0.25, -0.2) is 4.79 Å². The van der Waals surface area contributed by atoms with Crippen LogP contribution in [0.15, 0.2) is 11.6 Å². The third kappa shape index (κ3) is 9.18. The molecular weight excluding hydrogens is 264 g/mol. The highest BCUT2D eigenvalue weighted by Gasteiger charge is 2.22. The molecule has 0 aliphatic heterocycles. The summed E-state index contributed by atoms with van der Waals surface area (Å²) in [7, 11) is -3.72. The van der Waals surface area contributed by atoms with E-state index in [1.807, 2.05) is 39.3 Å². The highest BCUT2D eigenvalue weighted by Crippen LogP contribution is 2.09. The summed E-state index contributed by atoms with van der Waals surface area (Å²) >= 11 is 0. The lowest BCUT2D eigenvalue weighted by atomic mass is 10.2. The third-order valence-corrected chi connectivity index (χ3v) is 3.35. The van der Waals surface area contributed by atoms with Gasteiger partial charge in [-0.05, 0) is 46.2 Å². The Hall–Kier alpha value is -0.886. The topological polar surface area (TPSA) is 52.6 Å². The molecule has 0 fully saturated rings. The molecule has 0 aromatic rings. The largest absolute Gasteiger partial charge is 0.520 e. The van der Waals surface area contributed by atoms with E-state index < -0.39 is 16.6 Å². The molecule has 6 heteroatoms. The SMILES string of the molecule is C/C(=C\CC(=O)O[Si](C)(C)C)C(=O)O[Si](C)(C)C. The maximum absolute atomic E-state index is 11.7. The highest BCUT2D eigenvalue weighted by molar-refractivity contribution is 6.71. The minimum atomic E-state index is -1.88. The van der Waals surface area contributed by atoms with Crippen LogP contribution >= 0.6 is 0 Å². The number of rotatable bonds is 5. The van der Waals surface area contributed by atoms with Crippen LogP contribution in [0.3, 0.4) is 0 Å². The van der Waals surface area contributed by atoms with Crippen molar-refractivity contribution in [1.29, 1.82) is 0 Å². The van der Waals surface area contributed by atoms with Crippen LogP contribution < -0.4 is 0 Å². The second-order valence-corrected chi connectivity index (χ2v) is 15.0. The molecule has 0 atom stereocenters. The Balaban J connectivity index is 4.36. The van der Waals surface area contributed by atoms with Crippen molar-refractivity contribution >= 4 is 28.6 Å². The highest BCUT2D eigenvalue weighted by atomic mass is 28.4. The summed E-state index contributed by atoms with van der Waals surface area (Å²) in [5, 5.41) is 0. The Morgan fingerprint density at radius 2 is 1.39 bits per heavy atom. The quantitative estimate of drug-likeness (QED) is 0.576. The van der Waals surface area contributed by atoms with E-state index in [1.165, 1.54) is 0 Å². The van der Waals surface area contributed by atoms with Crippen LogP contribution in [-0.2, 0) is 18.4 Å². The molecular formula is C12H24O4Si2. The van der Waals surface area contributed by atoms with Crippen molar-refractivity contribution in [2.75, 3.05) is 0 Å². The first-order chi connectivity index (χ1) is 7.91. The molecule has 0 amide bonds. The first-order valence-electron chi connectivity index (χ1n) is 6.03. The molecule has 0 rings (SSSR count). The van der Waals surface area contributed by atoms with Crippen molar-refractivity contribution in [3.63, 3.8) is 0 Å². The van der Waals surface area contributed by atoms with E-state index in [-0.39, 0.29) is 18.4 Å². The van der Waals surface area contributed by atoms with E-state index in [9.17, 15) is 9.59 Å². The van der Waals surface area contributed by atoms with E-state index in [0.29, 0.717) is 5.57 Å². The Bertz CT molecular complexity index is 348. The molecule has 0 aliphatic carbocycles. The molecule has 18 heavy (non-hydrogen) atoms. The zero-order valence-corrected chi connectivity index (χ0v) is 14.4. The second-order valence-electron chi connectivity index (χ2n) is 6.18. The van der Waals surface area contributed by atoms with Gasteiger partial charge in [-0.1, -0.05) is 6.08 Å². The lowest BCUT2D eigenvalue weighted by molar-refractivity contribution is -0.134. The Morgan fingerprint density at radius 3 is 1.78 bits per heavy atom. The van der Waals surface area contributed by atoms with Gasteiger partial charge in [-0.3, -0.25) is 4.79 Å². The van der Waals surface area contributed by atoms with Crippen LogP contribution in [0, 0.1) is 0 Å². The number of carbonyl (C=O) groups excluding carboxylic acids is 2. The summed E-state index contributed by atoms with van der Waals surface area (Å²) in [5.41, 5.74) is 0.463. The Morgan fingerprint density at radius 1 is 0.944 bits per heavy atom. The maximum atomic E-state index is 11.7. The first kappa shape index (κ1) is 17.1. The predicted octanol–water partition coefficient (Wildman–Crippen LogP) is 3.08. The molecule has 0 unspecified atom stereocenters. The van der Waals surface area contributed by atoms with Gasteiger partial charge in [-0.2, -0.15) is 0 Å². The zero-order chi connectivity index (χ0) is 14.6. The van der Waals surface area contributed by atoms with Gasteiger partial charge >= 0.3 is 5.97 Å². The van der Waals surface area contributed by atoms with Crippen LogP contribution in [0.25, 0.3) is 0 Å². The molecule has 0 saturated heterocycles. The van der Waals surface area contributed by atoms with Gasteiger partial charge in [0.1, 0.15) is 0 Å². The van der Waals surface area contributed by atoms with Crippen LogP contribution in [0.5, 0.6) is 0 Å². The molecule has 0 aromatic heterocycles. The fourth-order valence-corrected chi connectivity index (χ4v) is 2.55. The van der Waals surface area contributed by atoms with E-state index in [4.69, 9.17) is 8.85 Å². The van der Waals surface area contributed by atoms with Crippen molar-refractivity contribution < 1.29 is 18.4 Å². The third-order valence-electron chi connectivity index (χ3n) is 1.72. The van der Waals surface area contributed by atoms with Gasteiger partial charge in [0, 0.05) is 5.57 Å². The van der Waals surface area contributed by atoms with Crippen molar-refractivity contribution in [3.8, 4) is 0 Å². The molecule has 0 spiro atoms. The van der Waals surface area contributed by atoms with Gasteiger partial charge in [0.15, 0.2) is 0 Å². The summed E-state index contributed by atoms with van der Waals surface area (Å²) in [4.78, 5) is 23.2. The first-order valence-corrected chi connectivity index (χ1v) is 12.8. The summed E-state index contributed by atoms with van der Waals surface area (Å²) < 4.78 is 10.6. The van der Waals surface area contributed by atoms with Crippen molar-refractivity contribution in [3.05, 3.63) is 11.6 Å². The number of hydrogen-bond acceptors (Lipinski definition) is 4. The van der Waals surface area contributed by atoms with Crippen LogP contribution in [0.4, 0.5) is 0 Å².